The molecule has 0 unspecified atom stereocenters. The minimum Gasteiger partial charge on any atom is -0.316 e. The summed E-state index contributed by atoms with van der Waals surface area (Å²) in [6.07, 6.45) is 5.28. The molecule has 0 heterocycles. The summed E-state index contributed by atoms with van der Waals surface area (Å²) in [5.74, 6) is 0.715. The van der Waals surface area contributed by atoms with Gasteiger partial charge in [-0.3, -0.25) is 0 Å². The normalized spacial score (nSPS) is 11.5. The van der Waals surface area contributed by atoms with E-state index in [1.807, 2.05) is 24.3 Å². The summed E-state index contributed by atoms with van der Waals surface area (Å²) in [6, 6.07) is 7.89. The van der Waals surface area contributed by atoms with Crippen molar-refractivity contribution < 1.29 is 0 Å². The van der Waals surface area contributed by atoms with Crippen molar-refractivity contribution in [2.45, 2.75) is 20.3 Å². The predicted molar refractivity (Wildman–Crippen MR) is 72.8 cm³/mol. The smallest absolute Gasteiger partial charge is 0.0478 e. The Morgan fingerprint density at radius 3 is 2.75 bits per heavy atom. The largest absolute Gasteiger partial charge is 0.316 e. The lowest BCUT2D eigenvalue weighted by atomic mass is 10.2. The van der Waals surface area contributed by atoms with Crippen LogP contribution in [0.2, 0.25) is 5.02 Å². The van der Waals surface area contributed by atoms with Crippen molar-refractivity contribution in [2.75, 3.05) is 13.1 Å². The maximum Gasteiger partial charge on any atom is 0.0478 e. The van der Waals surface area contributed by atoms with Gasteiger partial charge in [-0.15, -0.1) is 0 Å². The molecule has 0 bridgehead atoms. The van der Waals surface area contributed by atoms with Gasteiger partial charge in [0.2, 0.25) is 0 Å². The summed E-state index contributed by atoms with van der Waals surface area (Å²) in [7, 11) is 0. The van der Waals surface area contributed by atoms with Crippen molar-refractivity contribution in [1.82, 2.24) is 5.32 Å². The van der Waals surface area contributed by atoms with Crippen molar-refractivity contribution in [3.05, 3.63) is 40.9 Å². The second-order valence-corrected chi connectivity index (χ2v) is 4.72. The molecule has 16 heavy (non-hydrogen) atoms. The van der Waals surface area contributed by atoms with E-state index in [1.165, 1.54) is 0 Å². The second-order valence-electron chi connectivity index (χ2n) is 4.31. The number of rotatable bonds is 6. The minimum absolute atomic E-state index is 0.715. The van der Waals surface area contributed by atoms with Gasteiger partial charge in [-0.25, -0.2) is 0 Å². The van der Waals surface area contributed by atoms with E-state index in [0.717, 1.165) is 30.1 Å². The van der Waals surface area contributed by atoms with Crippen LogP contribution in [0.5, 0.6) is 0 Å². The molecule has 0 spiro atoms. The van der Waals surface area contributed by atoms with Gasteiger partial charge in [0.15, 0.2) is 0 Å². The van der Waals surface area contributed by atoms with Crippen molar-refractivity contribution >= 4 is 17.7 Å². The van der Waals surface area contributed by atoms with Crippen LogP contribution in [0.4, 0.5) is 0 Å². The lowest BCUT2D eigenvalue weighted by Crippen LogP contribution is -2.20. The number of hydrogen-bond acceptors (Lipinski definition) is 1. The van der Waals surface area contributed by atoms with Gasteiger partial charge in [0, 0.05) is 5.02 Å². The molecule has 0 aromatic heterocycles. The number of hydrogen-bond donors (Lipinski definition) is 1. The molecule has 1 nitrogen and oxygen atoms in total. The molecule has 1 aromatic rings. The lowest BCUT2D eigenvalue weighted by Gasteiger charge is -2.04. The zero-order chi connectivity index (χ0) is 11.8. The summed E-state index contributed by atoms with van der Waals surface area (Å²) in [5.41, 5.74) is 1.09. The Balaban J connectivity index is 2.25. The Morgan fingerprint density at radius 2 is 2.06 bits per heavy atom. The van der Waals surface area contributed by atoms with Gasteiger partial charge in [-0.05, 0) is 37.1 Å². The number of halogens is 1. The predicted octanol–water partition coefficient (Wildman–Crippen LogP) is 3.99. The van der Waals surface area contributed by atoms with Crippen LogP contribution in [0.25, 0.3) is 6.08 Å². The first-order valence-electron chi connectivity index (χ1n) is 5.82. The van der Waals surface area contributed by atoms with Crippen molar-refractivity contribution in [1.29, 1.82) is 0 Å². The summed E-state index contributed by atoms with van der Waals surface area (Å²) < 4.78 is 0. The molecule has 2 heteroatoms. The van der Waals surface area contributed by atoms with Crippen LogP contribution in [0.15, 0.2) is 30.3 Å². The third-order valence-electron chi connectivity index (χ3n) is 2.24. The highest BCUT2D eigenvalue weighted by atomic mass is 35.5. The molecule has 88 valence electrons. The van der Waals surface area contributed by atoms with E-state index in [0.29, 0.717) is 5.92 Å². The number of benzene rings is 1. The molecule has 0 aliphatic heterocycles. The topological polar surface area (TPSA) is 12.0 Å². The van der Waals surface area contributed by atoms with Gasteiger partial charge in [0.25, 0.3) is 0 Å². The second kappa shape index (κ2) is 7.48. The summed E-state index contributed by atoms with van der Waals surface area (Å²) in [4.78, 5) is 0. The maximum atomic E-state index is 6.04. The molecule has 0 fully saturated rings. The Kier molecular flexibility index (Phi) is 6.20. The zero-order valence-corrected chi connectivity index (χ0v) is 10.8. The summed E-state index contributed by atoms with van der Waals surface area (Å²) in [6.45, 7) is 6.54. The fourth-order valence-electron chi connectivity index (χ4n) is 1.40. The van der Waals surface area contributed by atoms with E-state index in [9.17, 15) is 0 Å². The minimum atomic E-state index is 0.715. The summed E-state index contributed by atoms with van der Waals surface area (Å²) in [5, 5.41) is 4.22. The van der Waals surface area contributed by atoms with Gasteiger partial charge >= 0.3 is 0 Å². The first-order valence-corrected chi connectivity index (χ1v) is 6.19. The van der Waals surface area contributed by atoms with Gasteiger partial charge in [0.05, 0.1) is 0 Å². The quantitative estimate of drug-likeness (QED) is 0.738. The van der Waals surface area contributed by atoms with E-state index in [-0.39, 0.29) is 0 Å². The van der Waals surface area contributed by atoms with Crippen molar-refractivity contribution in [3.63, 3.8) is 0 Å². The van der Waals surface area contributed by atoms with E-state index < -0.39 is 0 Å². The molecule has 0 aliphatic rings. The van der Waals surface area contributed by atoms with Gasteiger partial charge in [0.1, 0.15) is 0 Å². The molecule has 0 saturated heterocycles. The molecule has 0 aliphatic carbocycles. The molecule has 1 aromatic carbocycles. The van der Waals surface area contributed by atoms with Crippen LogP contribution in [-0.4, -0.2) is 13.1 Å². The Hall–Kier alpha value is -0.790. The Bertz CT molecular complexity index is 331. The van der Waals surface area contributed by atoms with E-state index >= 15 is 0 Å². The molecule has 1 N–H and O–H groups in total. The van der Waals surface area contributed by atoms with Crippen molar-refractivity contribution in [3.8, 4) is 0 Å². The van der Waals surface area contributed by atoms with E-state index in [2.05, 4.69) is 31.3 Å². The van der Waals surface area contributed by atoms with Gasteiger partial charge in [-0.2, -0.15) is 0 Å². The monoisotopic (exact) mass is 237 g/mol. The van der Waals surface area contributed by atoms with E-state index in [1.54, 1.807) is 0 Å². The highest BCUT2D eigenvalue weighted by Crippen LogP contribution is 2.16. The average molecular weight is 238 g/mol. The molecule has 1 rings (SSSR count). The lowest BCUT2D eigenvalue weighted by molar-refractivity contribution is 0.557. The molecule has 0 atom stereocenters. The Labute approximate surface area is 104 Å². The van der Waals surface area contributed by atoms with Crippen LogP contribution in [0.1, 0.15) is 25.8 Å². The SMILES string of the molecule is CC(C)CNCCC=Cc1ccccc1Cl. The van der Waals surface area contributed by atoms with Crippen LogP contribution in [0, 0.1) is 5.92 Å². The first kappa shape index (κ1) is 13.3. The number of nitrogens with one attached hydrogen (secondary N) is 1. The molecular weight excluding hydrogens is 218 g/mol. The maximum absolute atomic E-state index is 6.04. The fraction of sp³-hybridized carbons (Fsp3) is 0.429. The van der Waals surface area contributed by atoms with Gasteiger partial charge < -0.3 is 5.32 Å². The Morgan fingerprint density at radius 1 is 1.31 bits per heavy atom. The molecular formula is C14H20ClN. The van der Waals surface area contributed by atoms with Crippen LogP contribution in [0.3, 0.4) is 0 Å². The fourth-order valence-corrected chi connectivity index (χ4v) is 1.60. The van der Waals surface area contributed by atoms with E-state index in [4.69, 9.17) is 11.6 Å². The molecule has 0 amide bonds. The van der Waals surface area contributed by atoms with Crippen molar-refractivity contribution in [2.24, 2.45) is 5.92 Å². The van der Waals surface area contributed by atoms with Crippen LogP contribution >= 0.6 is 11.6 Å². The molecule has 0 radical (unpaired) electrons. The summed E-state index contributed by atoms with van der Waals surface area (Å²) >= 11 is 6.04. The van der Waals surface area contributed by atoms with Gasteiger partial charge in [-0.1, -0.05) is 55.8 Å². The van der Waals surface area contributed by atoms with Crippen LogP contribution in [-0.2, 0) is 0 Å². The third kappa shape index (κ3) is 5.34. The standard InChI is InChI=1S/C14H20ClN/c1-12(2)11-16-10-6-5-8-13-7-3-4-9-14(13)15/h3-5,7-9,12,16H,6,10-11H2,1-2H3. The third-order valence-corrected chi connectivity index (χ3v) is 2.59. The average Bonchev–Trinajstić information content (AvgIpc) is 2.25. The highest BCUT2D eigenvalue weighted by molar-refractivity contribution is 6.32. The molecule has 0 saturated carbocycles. The highest BCUT2D eigenvalue weighted by Gasteiger charge is 1.93. The first-order chi connectivity index (χ1) is 7.70. The van der Waals surface area contributed by atoms with Crippen LogP contribution < -0.4 is 5.32 Å². The zero-order valence-electron chi connectivity index (χ0n) is 10.0.